The Hall–Kier alpha value is -1.81. The van der Waals surface area contributed by atoms with Crippen LogP contribution in [0.2, 0.25) is 0 Å². The average Bonchev–Trinajstić information content (AvgIpc) is 2.80. The third-order valence-corrected chi connectivity index (χ3v) is 4.26. The molecule has 21 heavy (non-hydrogen) atoms. The monoisotopic (exact) mass is 287 g/mol. The van der Waals surface area contributed by atoms with Crippen LogP contribution in [0.25, 0.3) is 11.0 Å². The topological polar surface area (TPSA) is 53.7 Å². The fourth-order valence-corrected chi connectivity index (χ4v) is 2.91. The van der Waals surface area contributed by atoms with Crippen molar-refractivity contribution in [1.29, 1.82) is 0 Å². The van der Waals surface area contributed by atoms with E-state index in [1.54, 1.807) is 6.26 Å². The first-order chi connectivity index (χ1) is 10.2. The molecule has 112 valence electrons. The highest BCUT2D eigenvalue weighted by molar-refractivity contribution is 6.06. The Morgan fingerprint density at radius 1 is 1.38 bits per heavy atom. The highest BCUT2D eigenvalue weighted by Gasteiger charge is 2.23. The van der Waals surface area contributed by atoms with Crippen LogP contribution in [0.15, 0.2) is 28.9 Å². The molecule has 1 saturated heterocycles. The molecule has 2 aromatic rings. The molecular weight excluding hydrogens is 266 g/mol. The van der Waals surface area contributed by atoms with Crippen molar-refractivity contribution >= 4 is 16.9 Å². The third kappa shape index (κ3) is 2.81. The number of carbonyl (C=O) groups is 1. The number of furan rings is 1. The first kappa shape index (κ1) is 14.1. The number of carbonyl (C=O) groups excluding carboxylic acids is 1. The summed E-state index contributed by atoms with van der Waals surface area (Å²) in [6.07, 6.45) is 4.49. The van der Waals surface area contributed by atoms with E-state index >= 15 is 0 Å². The largest absolute Gasteiger partial charge is 0.463 e. The molecule has 1 aliphatic rings. The molecule has 1 amide bonds. The second kappa shape index (κ2) is 5.90. The molecule has 1 aromatic carbocycles. The molecule has 0 bridgehead atoms. The number of fused-ring (bicyclic) bond motifs is 1. The van der Waals surface area contributed by atoms with Gasteiger partial charge in [0.1, 0.15) is 11.8 Å². The van der Waals surface area contributed by atoms with E-state index in [4.69, 9.17) is 4.42 Å². The van der Waals surface area contributed by atoms with Gasteiger partial charge in [-0.3, -0.25) is 4.79 Å². The van der Waals surface area contributed by atoms with Crippen molar-refractivity contribution in [1.82, 2.24) is 4.90 Å². The van der Waals surface area contributed by atoms with E-state index in [1.165, 1.54) is 5.56 Å². The normalized spacial score (nSPS) is 19.7. The summed E-state index contributed by atoms with van der Waals surface area (Å²) in [5, 5.41) is 10.6. The van der Waals surface area contributed by atoms with Gasteiger partial charge in [0.2, 0.25) is 0 Å². The number of amides is 1. The van der Waals surface area contributed by atoms with Crippen molar-refractivity contribution in [3.05, 3.63) is 35.6 Å². The van der Waals surface area contributed by atoms with Crippen LogP contribution in [0.5, 0.6) is 0 Å². The fourth-order valence-electron chi connectivity index (χ4n) is 2.91. The predicted molar refractivity (Wildman–Crippen MR) is 81.4 cm³/mol. The number of likely N-dealkylation sites (tertiary alicyclic amines) is 1. The summed E-state index contributed by atoms with van der Waals surface area (Å²) in [7, 11) is 0. The second-order valence-corrected chi connectivity index (χ2v) is 5.71. The number of nitrogens with zero attached hydrogens (tertiary/aromatic N) is 1. The number of hydrogen-bond donors (Lipinski definition) is 1. The van der Waals surface area contributed by atoms with Gasteiger partial charge in [-0.15, -0.1) is 0 Å². The van der Waals surface area contributed by atoms with Crippen LogP contribution in [0.4, 0.5) is 0 Å². The Labute approximate surface area is 124 Å². The third-order valence-electron chi connectivity index (χ3n) is 4.26. The Morgan fingerprint density at radius 2 is 2.24 bits per heavy atom. The quantitative estimate of drug-likeness (QED) is 0.924. The number of aliphatic hydroxyl groups excluding tert-OH is 1. The van der Waals surface area contributed by atoms with Crippen LogP contribution in [0, 0.1) is 0 Å². The summed E-state index contributed by atoms with van der Waals surface area (Å²) in [5.74, 6) is 0.0103. The number of aliphatic hydroxyl groups is 1. The highest BCUT2D eigenvalue weighted by atomic mass is 16.3. The average molecular weight is 287 g/mol. The second-order valence-electron chi connectivity index (χ2n) is 5.71. The van der Waals surface area contributed by atoms with Crippen molar-refractivity contribution in [3.63, 3.8) is 0 Å². The number of benzene rings is 1. The van der Waals surface area contributed by atoms with Gasteiger partial charge >= 0.3 is 0 Å². The van der Waals surface area contributed by atoms with Gasteiger partial charge in [-0.05, 0) is 43.4 Å². The molecule has 0 radical (unpaired) electrons. The molecule has 1 aromatic heterocycles. The molecule has 1 aliphatic heterocycles. The smallest absolute Gasteiger partial charge is 0.257 e. The van der Waals surface area contributed by atoms with E-state index in [0.29, 0.717) is 25.1 Å². The molecule has 1 atom stereocenters. The Bertz CT molecular complexity index is 647. The zero-order chi connectivity index (χ0) is 14.8. The zero-order valence-electron chi connectivity index (χ0n) is 12.3. The molecule has 4 heteroatoms. The van der Waals surface area contributed by atoms with E-state index in [0.717, 1.165) is 30.2 Å². The molecule has 0 spiro atoms. The Morgan fingerprint density at radius 3 is 3.05 bits per heavy atom. The molecule has 3 rings (SSSR count). The summed E-state index contributed by atoms with van der Waals surface area (Å²) < 4.78 is 5.52. The van der Waals surface area contributed by atoms with Crippen molar-refractivity contribution in [2.45, 2.75) is 38.7 Å². The van der Waals surface area contributed by atoms with Crippen LogP contribution < -0.4 is 0 Å². The minimum absolute atomic E-state index is 0.0103. The van der Waals surface area contributed by atoms with Gasteiger partial charge in [-0.25, -0.2) is 0 Å². The predicted octanol–water partition coefficient (Wildman–Crippen LogP) is 2.98. The van der Waals surface area contributed by atoms with Crippen LogP contribution in [-0.4, -0.2) is 35.1 Å². The maximum absolute atomic E-state index is 12.7. The number of hydrogen-bond acceptors (Lipinski definition) is 3. The van der Waals surface area contributed by atoms with Crippen LogP contribution in [0.3, 0.4) is 0 Å². The zero-order valence-corrected chi connectivity index (χ0v) is 12.3. The van der Waals surface area contributed by atoms with Gasteiger partial charge in [0.25, 0.3) is 5.91 Å². The van der Waals surface area contributed by atoms with Gasteiger partial charge in [0, 0.05) is 18.5 Å². The summed E-state index contributed by atoms with van der Waals surface area (Å²) in [6.45, 7) is 3.41. The lowest BCUT2D eigenvalue weighted by Crippen LogP contribution is -2.32. The maximum atomic E-state index is 12.7. The van der Waals surface area contributed by atoms with Gasteiger partial charge in [0.15, 0.2) is 0 Å². The number of rotatable bonds is 2. The summed E-state index contributed by atoms with van der Waals surface area (Å²) >= 11 is 0. The lowest BCUT2D eigenvalue weighted by atomic mass is 10.1. The first-order valence-electron chi connectivity index (χ1n) is 7.66. The molecule has 1 fully saturated rings. The molecule has 0 aliphatic carbocycles. The minimum atomic E-state index is -0.282. The fraction of sp³-hybridized carbons (Fsp3) is 0.471. The molecule has 2 heterocycles. The van der Waals surface area contributed by atoms with Gasteiger partial charge in [0.05, 0.1) is 11.7 Å². The highest BCUT2D eigenvalue weighted by Crippen LogP contribution is 2.25. The van der Waals surface area contributed by atoms with Crippen molar-refractivity contribution in [3.8, 4) is 0 Å². The molecular formula is C17H21NO3. The van der Waals surface area contributed by atoms with Crippen molar-refractivity contribution < 1.29 is 14.3 Å². The maximum Gasteiger partial charge on any atom is 0.257 e. The van der Waals surface area contributed by atoms with Crippen LogP contribution in [-0.2, 0) is 6.42 Å². The standard InChI is InChI=1S/C17H21NO3/c1-2-12-5-6-16-14(10-12)15(11-21-16)17(20)18-8-3-4-13(19)7-9-18/h5-6,10-11,13,19H,2-4,7-9H2,1H3/t13-/m1/s1. The summed E-state index contributed by atoms with van der Waals surface area (Å²) in [6, 6.07) is 6.00. The lowest BCUT2D eigenvalue weighted by Gasteiger charge is -2.19. The minimum Gasteiger partial charge on any atom is -0.463 e. The van der Waals surface area contributed by atoms with Gasteiger partial charge in [-0.1, -0.05) is 13.0 Å². The molecule has 0 unspecified atom stereocenters. The van der Waals surface area contributed by atoms with Crippen LogP contribution in [0.1, 0.15) is 42.1 Å². The van der Waals surface area contributed by atoms with E-state index in [-0.39, 0.29) is 12.0 Å². The molecule has 0 saturated carbocycles. The Kier molecular flexibility index (Phi) is 3.97. The van der Waals surface area contributed by atoms with Crippen molar-refractivity contribution in [2.24, 2.45) is 0 Å². The van der Waals surface area contributed by atoms with Gasteiger partial charge in [-0.2, -0.15) is 0 Å². The van der Waals surface area contributed by atoms with E-state index in [2.05, 4.69) is 6.92 Å². The first-order valence-corrected chi connectivity index (χ1v) is 7.66. The molecule has 4 nitrogen and oxygen atoms in total. The lowest BCUT2D eigenvalue weighted by molar-refractivity contribution is 0.0754. The summed E-state index contributed by atoms with van der Waals surface area (Å²) in [5.41, 5.74) is 2.59. The summed E-state index contributed by atoms with van der Waals surface area (Å²) in [4.78, 5) is 14.6. The SMILES string of the molecule is CCc1ccc2occ(C(=O)N3CCC[C@@H](O)CC3)c2c1. The number of aryl methyl sites for hydroxylation is 1. The Balaban J connectivity index is 1.90. The van der Waals surface area contributed by atoms with E-state index in [1.807, 2.05) is 23.1 Å². The van der Waals surface area contributed by atoms with Crippen LogP contribution >= 0.6 is 0 Å². The molecule has 1 N–H and O–H groups in total. The van der Waals surface area contributed by atoms with Gasteiger partial charge < -0.3 is 14.4 Å². The van der Waals surface area contributed by atoms with Crippen molar-refractivity contribution in [2.75, 3.05) is 13.1 Å². The van der Waals surface area contributed by atoms with E-state index in [9.17, 15) is 9.90 Å². The van der Waals surface area contributed by atoms with E-state index < -0.39 is 0 Å².